The summed E-state index contributed by atoms with van der Waals surface area (Å²) in [5, 5.41) is 0.788. The summed E-state index contributed by atoms with van der Waals surface area (Å²) in [6.07, 6.45) is 5.24. The minimum absolute atomic E-state index is 0.0238. The molecule has 0 bridgehead atoms. The maximum absolute atomic E-state index is 12.4. The lowest BCUT2D eigenvalue weighted by Crippen LogP contribution is -2.26. The van der Waals surface area contributed by atoms with Crippen molar-refractivity contribution in [3.8, 4) is 0 Å². The molecule has 6 nitrogen and oxygen atoms in total. The highest BCUT2D eigenvalue weighted by Gasteiger charge is 2.21. The molecule has 4 rings (SSSR count). The van der Waals surface area contributed by atoms with Crippen LogP contribution in [0.2, 0.25) is 0 Å². The number of amides is 1. The first-order valence-electron chi connectivity index (χ1n) is 8.99. The first kappa shape index (κ1) is 18.3. The number of carbonyl (C=O) groups excluding carboxylic acids is 1. The van der Waals surface area contributed by atoms with Crippen LogP contribution >= 0.6 is 23.1 Å². The van der Waals surface area contributed by atoms with Crippen LogP contribution < -0.4 is 5.56 Å². The Hall–Kier alpha value is -2.06. The van der Waals surface area contributed by atoms with E-state index in [9.17, 15) is 9.59 Å². The molecular formula is C19H21N3O3S2. The molecule has 27 heavy (non-hydrogen) atoms. The second-order valence-electron chi connectivity index (χ2n) is 6.68. The van der Waals surface area contributed by atoms with Crippen LogP contribution in [-0.4, -0.2) is 33.6 Å². The predicted octanol–water partition coefficient (Wildman–Crippen LogP) is 3.35. The van der Waals surface area contributed by atoms with Crippen LogP contribution in [0.25, 0.3) is 10.2 Å². The standard InChI is InChI=1S/C19H21N3O3S2/c1-22(10-12-4-3-8-25-12)16(23)7-9-26-11-15-20-18(24)17-13-5-2-6-14(13)27-19(17)21-15/h3-4,8H,2,5-7,9-11H2,1H3,(H,20,21,24). The molecule has 1 aliphatic carbocycles. The second-order valence-corrected chi connectivity index (χ2v) is 8.87. The second kappa shape index (κ2) is 7.90. The summed E-state index contributed by atoms with van der Waals surface area (Å²) in [6, 6.07) is 3.67. The van der Waals surface area contributed by atoms with Gasteiger partial charge in [-0.1, -0.05) is 0 Å². The minimum Gasteiger partial charge on any atom is -0.467 e. The topological polar surface area (TPSA) is 79.2 Å². The molecule has 1 N–H and O–H groups in total. The summed E-state index contributed by atoms with van der Waals surface area (Å²) in [7, 11) is 1.78. The van der Waals surface area contributed by atoms with Gasteiger partial charge in [0.15, 0.2) is 0 Å². The third kappa shape index (κ3) is 3.96. The van der Waals surface area contributed by atoms with Gasteiger partial charge >= 0.3 is 0 Å². The Morgan fingerprint density at radius 3 is 3.15 bits per heavy atom. The number of aromatic nitrogens is 2. The molecule has 8 heteroatoms. The van der Waals surface area contributed by atoms with Crippen LogP contribution in [0.3, 0.4) is 0 Å². The van der Waals surface area contributed by atoms with Crippen molar-refractivity contribution in [3.63, 3.8) is 0 Å². The smallest absolute Gasteiger partial charge is 0.259 e. The Kier molecular flexibility index (Phi) is 5.36. The highest BCUT2D eigenvalue weighted by Crippen LogP contribution is 2.34. The van der Waals surface area contributed by atoms with Gasteiger partial charge in [0, 0.05) is 24.1 Å². The summed E-state index contributed by atoms with van der Waals surface area (Å²) in [5.74, 6) is 2.82. The van der Waals surface area contributed by atoms with Gasteiger partial charge < -0.3 is 14.3 Å². The lowest BCUT2D eigenvalue weighted by Gasteiger charge is -2.15. The van der Waals surface area contributed by atoms with Crippen molar-refractivity contribution in [1.29, 1.82) is 0 Å². The number of H-pyrrole nitrogens is 1. The van der Waals surface area contributed by atoms with Gasteiger partial charge in [-0.05, 0) is 37.0 Å². The average molecular weight is 404 g/mol. The van der Waals surface area contributed by atoms with Crippen molar-refractivity contribution >= 4 is 39.2 Å². The predicted molar refractivity (Wildman–Crippen MR) is 108 cm³/mol. The Bertz CT molecular complexity index is 1010. The van der Waals surface area contributed by atoms with Crippen molar-refractivity contribution in [3.05, 3.63) is 50.8 Å². The van der Waals surface area contributed by atoms with E-state index in [1.54, 1.807) is 41.3 Å². The normalized spacial score (nSPS) is 13.2. The highest BCUT2D eigenvalue weighted by atomic mass is 32.2. The molecule has 0 saturated carbocycles. The highest BCUT2D eigenvalue weighted by molar-refractivity contribution is 7.98. The number of carbonyl (C=O) groups is 1. The van der Waals surface area contributed by atoms with E-state index in [0.717, 1.165) is 35.2 Å². The monoisotopic (exact) mass is 403 g/mol. The maximum Gasteiger partial charge on any atom is 0.259 e. The number of furan rings is 1. The SMILES string of the molecule is CN(Cc1ccco1)C(=O)CCSCc1nc2sc3c(c2c(=O)[nH]1)CCC3. The Morgan fingerprint density at radius 1 is 1.44 bits per heavy atom. The van der Waals surface area contributed by atoms with Crippen molar-refractivity contribution in [2.45, 2.75) is 38.0 Å². The van der Waals surface area contributed by atoms with Crippen LogP contribution in [0.4, 0.5) is 0 Å². The number of thiophene rings is 1. The number of fused-ring (bicyclic) bond motifs is 3. The van der Waals surface area contributed by atoms with Crippen LogP contribution in [-0.2, 0) is 29.9 Å². The summed E-state index contributed by atoms with van der Waals surface area (Å²) >= 11 is 3.26. The molecule has 0 aliphatic heterocycles. The number of nitrogens with one attached hydrogen (secondary N) is 1. The van der Waals surface area contributed by atoms with E-state index >= 15 is 0 Å². The molecule has 1 aliphatic rings. The third-order valence-electron chi connectivity index (χ3n) is 4.72. The third-order valence-corrected chi connectivity index (χ3v) is 6.88. The zero-order valence-corrected chi connectivity index (χ0v) is 16.8. The van der Waals surface area contributed by atoms with Gasteiger partial charge in [-0.2, -0.15) is 11.8 Å². The van der Waals surface area contributed by atoms with E-state index in [2.05, 4.69) is 9.97 Å². The number of hydrogen-bond donors (Lipinski definition) is 1. The van der Waals surface area contributed by atoms with Crippen molar-refractivity contribution in [2.24, 2.45) is 0 Å². The first-order valence-corrected chi connectivity index (χ1v) is 11.0. The number of thioether (sulfide) groups is 1. The van der Waals surface area contributed by atoms with Gasteiger partial charge in [-0.3, -0.25) is 9.59 Å². The molecule has 1 amide bonds. The Balaban J connectivity index is 1.30. The molecule has 3 aromatic rings. The summed E-state index contributed by atoms with van der Waals surface area (Å²) in [4.78, 5) is 36.0. The molecule has 3 aromatic heterocycles. The molecule has 0 unspecified atom stereocenters. The fraction of sp³-hybridized carbons (Fsp3) is 0.421. The zero-order chi connectivity index (χ0) is 18.8. The Morgan fingerprint density at radius 2 is 2.33 bits per heavy atom. The molecule has 0 aromatic carbocycles. The van der Waals surface area contributed by atoms with E-state index < -0.39 is 0 Å². The first-order chi connectivity index (χ1) is 13.1. The van der Waals surface area contributed by atoms with Gasteiger partial charge in [-0.15, -0.1) is 11.3 Å². The average Bonchev–Trinajstić information content (AvgIpc) is 3.35. The molecular weight excluding hydrogens is 382 g/mol. The van der Waals surface area contributed by atoms with Crippen molar-refractivity contribution < 1.29 is 9.21 Å². The van der Waals surface area contributed by atoms with Gasteiger partial charge in [0.2, 0.25) is 5.91 Å². The molecule has 0 radical (unpaired) electrons. The molecule has 0 fully saturated rings. The van der Waals surface area contributed by atoms with E-state index in [-0.39, 0.29) is 11.5 Å². The molecule has 142 valence electrons. The van der Waals surface area contributed by atoms with Crippen LogP contribution in [0.5, 0.6) is 0 Å². The quantitative estimate of drug-likeness (QED) is 0.612. The molecule has 0 atom stereocenters. The van der Waals surface area contributed by atoms with Crippen LogP contribution in [0.15, 0.2) is 27.6 Å². The van der Waals surface area contributed by atoms with E-state index in [1.165, 1.54) is 10.4 Å². The Labute approximate surface area is 165 Å². The lowest BCUT2D eigenvalue weighted by molar-refractivity contribution is -0.130. The van der Waals surface area contributed by atoms with Crippen molar-refractivity contribution in [1.82, 2.24) is 14.9 Å². The maximum atomic E-state index is 12.4. The number of hydrogen-bond acceptors (Lipinski definition) is 6. The van der Waals surface area contributed by atoms with E-state index in [1.807, 2.05) is 12.1 Å². The minimum atomic E-state index is -0.0238. The molecule has 0 spiro atoms. The van der Waals surface area contributed by atoms with Crippen LogP contribution in [0, 0.1) is 0 Å². The van der Waals surface area contributed by atoms with E-state index in [4.69, 9.17) is 4.42 Å². The number of aromatic amines is 1. The van der Waals surface area contributed by atoms with Gasteiger partial charge in [0.25, 0.3) is 5.56 Å². The largest absolute Gasteiger partial charge is 0.467 e. The molecule has 0 saturated heterocycles. The summed E-state index contributed by atoms with van der Waals surface area (Å²) < 4.78 is 5.27. The van der Waals surface area contributed by atoms with Gasteiger partial charge in [0.05, 0.1) is 23.9 Å². The number of nitrogens with zero attached hydrogens (tertiary/aromatic N) is 2. The van der Waals surface area contributed by atoms with Gasteiger partial charge in [-0.25, -0.2) is 4.98 Å². The molecule has 3 heterocycles. The van der Waals surface area contributed by atoms with E-state index in [0.29, 0.717) is 30.3 Å². The zero-order valence-electron chi connectivity index (χ0n) is 15.1. The number of aryl methyl sites for hydroxylation is 2. The van der Waals surface area contributed by atoms with Gasteiger partial charge in [0.1, 0.15) is 16.4 Å². The number of rotatable bonds is 7. The van der Waals surface area contributed by atoms with Crippen LogP contribution in [0.1, 0.15) is 34.9 Å². The van der Waals surface area contributed by atoms with Crippen molar-refractivity contribution in [2.75, 3.05) is 12.8 Å². The lowest BCUT2D eigenvalue weighted by atomic mass is 10.2. The summed E-state index contributed by atoms with van der Waals surface area (Å²) in [6.45, 7) is 0.477. The summed E-state index contributed by atoms with van der Waals surface area (Å²) in [5.41, 5.74) is 1.18. The fourth-order valence-electron chi connectivity index (χ4n) is 3.36. The fourth-order valence-corrected chi connectivity index (χ4v) is 5.43.